The topological polar surface area (TPSA) is 57.2 Å². The first-order valence-corrected chi connectivity index (χ1v) is 5.66. The highest BCUT2D eigenvalue weighted by atomic mass is 79.9. The number of hydrogen-bond donors (Lipinski definition) is 1. The maximum atomic E-state index is 11.6. The predicted molar refractivity (Wildman–Crippen MR) is 65.7 cm³/mol. The first-order valence-electron chi connectivity index (χ1n) is 4.86. The smallest absolute Gasteiger partial charge is 0.356 e. The fraction of sp³-hybridized carbons (Fsp3) is 0.182. The number of carbonyl (C=O) groups is 1. The lowest BCUT2D eigenvalue weighted by atomic mass is 10.2. The van der Waals surface area contributed by atoms with Crippen molar-refractivity contribution in [1.82, 2.24) is 4.68 Å². The van der Waals surface area contributed by atoms with E-state index in [2.05, 4.69) is 15.9 Å². The molecule has 1 heterocycles. The lowest BCUT2D eigenvalue weighted by Gasteiger charge is -2.03. The average molecular weight is 283 g/mol. The van der Waals surface area contributed by atoms with Crippen LogP contribution in [0.25, 0.3) is 10.9 Å². The summed E-state index contributed by atoms with van der Waals surface area (Å²) in [7, 11) is 0. The molecule has 0 saturated heterocycles. The first-order chi connectivity index (χ1) is 7.63. The highest BCUT2D eigenvalue weighted by Crippen LogP contribution is 2.22. The third-order valence-electron chi connectivity index (χ3n) is 2.29. The maximum Gasteiger partial charge on any atom is 0.356 e. The summed E-state index contributed by atoms with van der Waals surface area (Å²) in [5.41, 5.74) is 1.15. The van der Waals surface area contributed by atoms with Crippen LogP contribution in [0, 0.1) is 0 Å². The second-order valence-electron chi connectivity index (χ2n) is 3.32. The molecule has 0 aliphatic carbocycles. The molecule has 1 aromatic carbocycles. The van der Waals surface area contributed by atoms with Gasteiger partial charge in [0, 0.05) is 9.86 Å². The lowest BCUT2D eigenvalue weighted by Crippen LogP contribution is -2.17. The summed E-state index contributed by atoms with van der Waals surface area (Å²) in [5, 5.41) is 0.911. The van der Waals surface area contributed by atoms with Crippen LogP contribution in [0.5, 0.6) is 0 Å². The number of esters is 1. The first kappa shape index (κ1) is 11.0. The van der Waals surface area contributed by atoms with Crippen LogP contribution in [-0.4, -0.2) is 17.3 Å². The van der Waals surface area contributed by atoms with Gasteiger partial charge in [-0.2, -0.15) is 0 Å². The van der Waals surface area contributed by atoms with Crippen molar-refractivity contribution in [2.75, 3.05) is 12.4 Å². The third-order valence-corrected chi connectivity index (χ3v) is 2.78. The third kappa shape index (κ3) is 1.78. The zero-order valence-electron chi connectivity index (χ0n) is 8.74. The van der Waals surface area contributed by atoms with Gasteiger partial charge in [0.2, 0.25) is 0 Å². The fourth-order valence-corrected chi connectivity index (χ4v) is 1.91. The molecule has 2 rings (SSSR count). The standard InChI is InChI=1S/C11H11BrN2O2/c1-2-16-11(15)10-5-7-3-4-8(12)6-9(7)14(10)13/h3-6H,2,13H2,1H3. The zero-order valence-corrected chi connectivity index (χ0v) is 10.3. The van der Waals surface area contributed by atoms with Gasteiger partial charge in [0.05, 0.1) is 12.1 Å². The second-order valence-corrected chi connectivity index (χ2v) is 4.24. The highest BCUT2D eigenvalue weighted by Gasteiger charge is 2.14. The van der Waals surface area contributed by atoms with Crippen LogP contribution in [0.15, 0.2) is 28.7 Å². The van der Waals surface area contributed by atoms with Crippen molar-refractivity contribution in [3.63, 3.8) is 0 Å². The summed E-state index contributed by atoms with van der Waals surface area (Å²) in [5.74, 6) is 5.43. The van der Waals surface area contributed by atoms with Crippen molar-refractivity contribution >= 4 is 32.8 Å². The van der Waals surface area contributed by atoms with E-state index in [1.807, 2.05) is 18.2 Å². The second kappa shape index (κ2) is 4.17. The van der Waals surface area contributed by atoms with Gasteiger partial charge in [0.1, 0.15) is 5.69 Å². The van der Waals surface area contributed by atoms with Crippen LogP contribution in [-0.2, 0) is 4.74 Å². The largest absolute Gasteiger partial charge is 0.461 e. The molecule has 0 bridgehead atoms. The van der Waals surface area contributed by atoms with Gasteiger partial charge in [0.15, 0.2) is 0 Å². The minimum atomic E-state index is -0.405. The van der Waals surface area contributed by atoms with Crippen molar-refractivity contribution in [3.05, 3.63) is 34.4 Å². The van der Waals surface area contributed by atoms with E-state index < -0.39 is 5.97 Å². The quantitative estimate of drug-likeness (QED) is 0.679. The number of carbonyl (C=O) groups excluding carboxylic acids is 1. The van der Waals surface area contributed by atoms with Crippen LogP contribution in [0.1, 0.15) is 17.4 Å². The molecule has 0 unspecified atom stereocenters. The molecule has 0 aliphatic heterocycles. The molecule has 0 spiro atoms. The van der Waals surface area contributed by atoms with Gasteiger partial charge in [-0.3, -0.25) is 4.68 Å². The van der Waals surface area contributed by atoms with Crippen molar-refractivity contribution in [1.29, 1.82) is 0 Å². The van der Waals surface area contributed by atoms with Crippen LogP contribution in [0.2, 0.25) is 0 Å². The molecule has 0 radical (unpaired) electrons. The summed E-state index contributed by atoms with van der Waals surface area (Å²) in [6.07, 6.45) is 0. The van der Waals surface area contributed by atoms with Crippen molar-refractivity contribution in [3.8, 4) is 0 Å². The molecule has 4 nitrogen and oxygen atoms in total. The Labute approximate surface area is 101 Å². The Balaban J connectivity index is 2.56. The summed E-state index contributed by atoms with van der Waals surface area (Å²) in [6, 6.07) is 7.38. The van der Waals surface area contributed by atoms with E-state index in [1.54, 1.807) is 13.0 Å². The Hall–Kier alpha value is -1.49. The number of nitrogens with zero attached hydrogens (tertiary/aromatic N) is 1. The minimum absolute atomic E-state index is 0.337. The fourth-order valence-electron chi connectivity index (χ4n) is 1.56. The van der Waals surface area contributed by atoms with Gasteiger partial charge in [0.25, 0.3) is 0 Å². The number of hydrogen-bond acceptors (Lipinski definition) is 3. The van der Waals surface area contributed by atoms with Gasteiger partial charge in [-0.05, 0) is 25.1 Å². The number of benzene rings is 1. The molecule has 2 N–H and O–H groups in total. The molecule has 0 aliphatic rings. The molecule has 5 heteroatoms. The molecule has 16 heavy (non-hydrogen) atoms. The van der Waals surface area contributed by atoms with E-state index in [9.17, 15) is 4.79 Å². The number of ether oxygens (including phenoxy) is 1. The van der Waals surface area contributed by atoms with E-state index in [4.69, 9.17) is 10.6 Å². The Bertz CT molecular complexity index is 548. The summed E-state index contributed by atoms with van der Waals surface area (Å²) < 4.78 is 7.18. The molecule has 0 atom stereocenters. The van der Waals surface area contributed by atoms with E-state index in [0.717, 1.165) is 15.4 Å². The Morgan fingerprint density at radius 1 is 1.50 bits per heavy atom. The molecule has 1 aromatic heterocycles. The number of nitrogens with two attached hydrogens (primary N) is 1. The molecule has 0 amide bonds. The molecular formula is C11H11BrN2O2. The van der Waals surface area contributed by atoms with Crippen LogP contribution < -0.4 is 5.84 Å². The normalized spacial score (nSPS) is 10.6. The predicted octanol–water partition coefficient (Wildman–Crippen LogP) is 2.29. The van der Waals surface area contributed by atoms with E-state index in [1.165, 1.54) is 4.68 Å². The SMILES string of the molecule is CCOC(=O)c1cc2ccc(Br)cc2n1N. The number of aromatic nitrogens is 1. The number of halogens is 1. The van der Waals surface area contributed by atoms with E-state index in [0.29, 0.717) is 12.3 Å². The Kier molecular flexibility index (Phi) is 2.87. The summed E-state index contributed by atoms with van der Waals surface area (Å²) in [4.78, 5) is 11.6. The van der Waals surface area contributed by atoms with Crippen molar-refractivity contribution < 1.29 is 9.53 Å². The van der Waals surface area contributed by atoms with E-state index in [-0.39, 0.29) is 0 Å². The maximum absolute atomic E-state index is 11.6. The van der Waals surface area contributed by atoms with E-state index >= 15 is 0 Å². The van der Waals surface area contributed by atoms with Crippen LogP contribution in [0.3, 0.4) is 0 Å². The Morgan fingerprint density at radius 2 is 2.25 bits per heavy atom. The van der Waals surface area contributed by atoms with Crippen LogP contribution >= 0.6 is 15.9 Å². The Morgan fingerprint density at radius 3 is 2.94 bits per heavy atom. The summed E-state index contributed by atoms with van der Waals surface area (Å²) in [6.45, 7) is 2.10. The van der Waals surface area contributed by atoms with Gasteiger partial charge in [-0.15, -0.1) is 0 Å². The van der Waals surface area contributed by atoms with Gasteiger partial charge >= 0.3 is 5.97 Å². The molecule has 84 valence electrons. The van der Waals surface area contributed by atoms with Gasteiger partial charge in [-0.25, -0.2) is 4.79 Å². The monoisotopic (exact) mass is 282 g/mol. The molecule has 0 fully saturated rings. The van der Waals surface area contributed by atoms with Crippen LogP contribution in [0.4, 0.5) is 0 Å². The van der Waals surface area contributed by atoms with Gasteiger partial charge < -0.3 is 10.6 Å². The lowest BCUT2D eigenvalue weighted by molar-refractivity contribution is 0.0517. The molecular weight excluding hydrogens is 272 g/mol. The highest BCUT2D eigenvalue weighted by molar-refractivity contribution is 9.10. The van der Waals surface area contributed by atoms with Gasteiger partial charge in [-0.1, -0.05) is 22.0 Å². The van der Waals surface area contributed by atoms with Crippen molar-refractivity contribution in [2.45, 2.75) is 6.92 Å². The zero-order chi connectivity index (χ0) is 11.7. The average Bonchev–Trinajstić information content (AvgIpc) is 2.57. The summed E-state index contributed by atoms with van der Waals surface area (Å²) >= 11 is 3.36. The molecule has 0 saturated carbocycles. The number of nitrogen functional groups attached to an aromatic ring is 1. The van der Waals surface area contributed by atoms with Crippen molar-refractivity contribution in [2.24, 2.45) is 0 Å². The molecule has 2 aromatic rings. The number of rotatable bonds is 2. The number of fused-ring (bicyclic) bond motifs is 1. The minimum Gasteiger partial charge on any atom is -0.461 e.